The van der Waals surface area contributed by atoms with Crippen LogP contribution in [-0.4, -0.2) is 19.3 Å². The van der Waals surface area contributed by atoms with Crippen molar-refractivity contribution in [1.82, 2.24) is 19.3 Å². The molecule has 0 saturated heterocycles. The lowest BCUT2D eigenvalue weighted by atomic mass is 9.73. The molecule has 56 heavy (non-hydrogen) atoms. The zero-order chi connectivity index (χ0) is 37.7. The summed E-state index contributed by atoms with van der Waals surface area (Å²) in [4.78, 5) is 5.33. The molecule has 0 N–H and O–H groups in total. The topological polar surface area (TPSA) is 35.6 Å². The fourth-order valence-corrected chi connectivity index (χ4v) is 10.7. The fraction of sp³-hybridized carbons (Fsp3) is 0.120. The molecule has 270 valence electrons. The molecule has 0 fully saturated rings. The molecule has 0 unspecified atom stereocenters. The zero-order valence-corrected chi connectivity index (χ0v) is 32.2. The van der Waals surface area contributed by atoms with Gasteiger partial charge in [-0.2, -0.15) is 9.67 Å². The second kappa shape index (κ2) is 12.3. The Bertz CT molecular complexity index is 3190. The number of thiophene rings is 1. The molecule has 1 aliphatic rings. The van der Waals surface area contributed by atoms with Crippen molar-refractivity contribution in [2.24, 2.45) is 0 Å². The monoisotopic (exact) mass is 744 g/mol. The molecule has 1 aliphatic carbocycles. The Morgan fingerprint density at radius 3 is 2.20 bits per heavy atom. The Morgan fingerprint density at radius 2 is 1.39 bits per heavy atom. The smallest absolute Gasteiger partial charge is 0.238 e. The average Bonchev–Trinajstić information content (AvgIpc) is 3.99. The number of hydrogen-bond donors (Lipinski definition) is 0. The van der Waals surface area contributed by atoms with E-state index in [9.17, 15) is 0 Å². The minimum Gasteiger partial charge on any atom is -0.276 e. The Kier molecular flexibility index (Phi) is 7.26. The van der Waals surface area contributed by atoms with Gasteiger partial charge in [0, 0.05) is 37.2 Å². The van der Waals surface area contributed by atoms with Crippen molar-refractivity contribution < 1.29 is 4.39 Å². The molecule has 0 spiro atoms. The van der Waals surface area contributed by atoms with Crippen molar-refractivity contribution in [3.05, 3.63) is 168 Å². The number of halogens is 1. The third kappa shape index (κ3) is 4.63. The van der Waals surface area contributed by atoms with Gasteiger partial charge in [-0.15, -0.1) is 16.4 Å². The van der Waals surface area contributed by atoms with Gasteiger partial charge in [-0.3, -0.25) is 4.57 Å². The van der Waals surface area contributed by atoms with Crippen LogP contribution in [-0.2, 0) is 5.41 Å². The van der Waals surface area contributed by atoms with Gasteiger partial charge < -0.3 is 0 Å². The summed E-state index contributed by atoms with van der Waals surface area (Å²) in [7, 11) is 0. The minimum absolute atomic E-state index is 0.0703. The molecular weight excluding hydrogens is 708 g/mol. The van der Waals surface area contributed by atoms with Crippen LogP contribution in [0.15, 0.2) is 146 Å². The van der Waals surface area contributed by atoms with Crippen molar-refractivity contribution in [3.8, 4) is 45.3 Å². The van der Waals surface area contributed by atoms with Gasteiger partial charge in [-0.25, -0.2) is 4.39 Å². The van der Waals surface area contributed by atoms with Gasteiger partial charge >= 0.3 is 0 Å². The van der Waals surface area contributed by atoms with E-state index in [1.807, 2.05) is 47.1 Å². The maximum absolute atomic E-state index is 15.4. The SMILES string of the molecule is CCC1(CC)c2ccccc2-c2ccc(-c3cc4c5cc(C)ccc5n(-c5nc(-c6ccccc6)nn5-c5ccccc5)c4c4sc5ccc(F)cc5c34)cc21. The number of hydrogen-bond acceptors (Lipinski definition) is 3. The first-order chi connectivity index (χ1) is 27.5. The molecule has 11 rings (SSSR count). The highest BCUT2D eigenvalue weighted by Gasteiger charge is 2.40. The van der Waals surface area contributed by atoms with Crippen molar-refractivity contribution in [3.63, 3.8) is 0 Å². The highest BCUT2D eigenvalue weighted by atomic mass is 32.1. The minimum atomic E-state index is -0.240. The molecule has 4 nitrogen and oxygen atoms in total. The number of benzene rings is 7. The van der Waals surface area contributed by atoms with Gasteiger partial charge in [0.25, 0.3) is 0 Å². The molecule has 10 aromatic rings. The zero-order valence-electron chi connectivity index (χ0n) is 31.3. The summed E-state index contributed by atoms with van der Waals surface area (Å²) in [5.41, 5.74) is 12.7. The summed E-state index contributed by atoms with van der Waals surface area (Å²) in [6.07, 6.45) is 2.02. The second-order valence-corrected chi connectivity index (χ2v) is 16.1. The molecule has 3 heterocycles. The molecule has 0 radical (unpaired) electrons. The number of fused-ring (bicyclic) bond motifs is 10. The molecule has 0 atom stereocenters. The first kappa shape index (κ1) is 33.0. The molecule has 0 saturated carbocycles. The van der Waals surface area contributed by atoms with E-state index in [-0.39, 0.29) is 11.2 Å². The van der Waals surface area contributed by atoms with E-state index < -0.39 is 0 Å². The van der Waals surface area contributed by atoms with E-state index in [1.54, 1.807) is 23.5 Å². The number of para-hydroxylation sites is 1. The largest absolute Gasteiger partial charge is 0.276 e. The summed E-state index contributed by atoms with van der Waals surface area (Å²) in [5.74, 6) is 1.10. The first-order valence-electron chi connectivity index (χ1n) is 19.4. The molecule has 3 aromatic heterocycles. The van der Waals surface area contributed by atoms with Gasteiger partial charge in [0.15, 0.2) is 5.82 Å². The van der Waals surface area contributed by atoms with Gasteiger partial charge in [-0.1, -0.05) is 110 Å². The highest BCUT2D eigenvalue weighted by Crippen LogP contribution is 2.55. The molecule has 0 aliphatic heterocycles. The van der Waals surface area contributed by atoms with Crippen LogP contribution in [0.4, 0.5) is 4.39 Å². The average molecular weight is 745 g/mol. The van der Waals surface area contributed by atoms with Crippen molar-refractivity contribution in [2.75, 3.05) is 0 Å². The van der Waals surface area contributed by atoms with E-state index in [4.69, 9.17) is 10.1 Å². The Balaban J connectivity index is 1.27. The summed E-state index contributed by atoms with van der Waals surface area (Å²) < 4.78 is 21.7. The lowest BCUT2D eigenvalue weighted by Crippen LogP contribution is -2.23. The van der Waals surface area contributed by atoms with E-state index >= 15 is 4.39 Å². The Hall–Kier alpha value is -6.37. The van der Waals surface area contributed by atoms with Crippen LogP contribution in [0.1, 0.15) is 43.4 Å². The maximum Gasteiger partial charge on any atom is 0.238 e. The summed E-state index contributed by atoms with van der Waals surface area (Å²) in [5, 5.41) is 9.40. The predicted octanol–water partition coefficient (Wildman–Crippen LogP) is 13.6. The molecule has 0 bridgehead atoms. The second-order valence-electron chi connectivity index (χ2n) is 15.1. The third-order valence-electron chi connectivity index (χ3n) is 12.2. The predicted molar refractivity (Wildman–Crippen MR) is 231 cm³/mol. The number of rotatable bonds is 6. The van der Waals surface area contributed by atoms with Crippen LogP contribution in [0.25, 0.3) is 87.3 Å². The molecular formula is C50H37FN4S. The lowest BCUT2D eigenvalue weighted by Gasteiger charge is -2.30. The quantitative estimate of drug-likeness (QED) is 0.170. The summed E-state index contributed by atoms with van der Waals surface area (Å²) >= 11 is 1.72. The summed E-state index contributed by atoms with van der Waals surface area (Å²) in [6, 6.07) is 50.6. The van der Waals surface area contributed by atoms with Gasteiger partial charge in [0.2, 0.25) is 5.95 Å². The first-order valence-corrected chi connectivity index (χ1v) is 20.2. The Morgan fingerprint density at radius 1 is 0.643 bits per heavy atom. The standard InChI is InChI=1S/C50H37FN4S/c1-4-50(5-2)41-19-13-12-18-35(41)36-23-21-32(27-42(36)50)37-29-39-38-26-30(3)20-24-43(38)54(46(39)47-45(37)40-28-33(51)22-25-44(40)56-47)49-52-48(31-14-8-6-9-15-31)53-55(49)34-16-10-7-11-17-34/h6-29H,4-5H2,1-3H3. The van der Waals surface area contributed by atoms with E-state index in [0.29, 0.717) is 11.8 Å². The maximum atomic E-state index is 15.4. The Labute approximate surface area is 328 Å². The van der Waals surface area contributed by atoms with Crippen LogP contribution >= 0.6 is 11.3 Å². The van der Waals surface area contributed by atoms with E-state index in [2.05, 4.69) is 116 Å². The van der Waals surface area contributed by atoms with E-state index in [0.717, 1.165) is 77.2 Å². The van der Waals surface area contributed by atoms with Gasteiger partial charge in [-0.05, 0) is 108 Å². The van der Waals surface area contributed by atoms with Crippen LogP contribution in [0, 0.1) is 12.7 Å². The van der Waals surface area contributed by atoms with Crippen LogP contribution in [0.3, 0.4) is 0 Å². The molecule has 6 heteroatoms. The van der Waals surface area contributed by atoms with Crippen LogP contribution in [0.2, 0.25) is 0 Å². The van der Waals surface area contributed by atoms with Gasteiger partial charge in [0.05, 0.1) is 21.4 Å². The van der Waals surface area contributed by atoms with Gasteiger partial charge in [0.1, 0.15) is 5.82 Å². The normalized spacial score (nSPS) is 13.3. The van der Waals surface area contributed by atoms with Crippen molar-refractivity contribution in [2.45, 2.75) is 39.0 Å². The fourth-order valence-electron chi connectivity index (χ4n) is 9.49. The summed E-state index contributed by atoms with van der Waals surface area (Å²) in [6.45, 7) is 6.78. The van der Waals surface area contributed by atoms with Crippen molar-refractivity contribution >= 4 is 53.3 Å². The van der Waals surface area contributed by atoms with Crippen LogP contribution < -0.4 is 0 Å². The number of aromatic nitrogens is 4. The van der Waals surface area contributed by atoms with Crippen molar-refractivity contribution in [1.29, 1.82) is 0 Å². The molecule has 0 amide bonds. The lowest BCUT2D eigenvalue weighted by molar-refractivity contribution is 0.490. The number of nitrogens with zero attached hydrogens (tertiary/aromatic N) is 4. The number of aryl methyl sites for hydroxylation is 1. The van der Waals surface area contributed by atoms with Crippen LogP contribution in [0.5, 0.6) is 0 Å². The highest BCUT2D eigenvalue weighted by molar-refractivity contribution is 7.26. The van der Waals surface area contributed by atoms with E-state index in [1.165, 1.54) is 27.8 Å². The molecule has 7 aromatic carbocycles. The third-order valence-corrected chi connectivity index (χ3v) is 13.4.